The predicted octanol–water partition coefficient (Wildman–Crippen LogP) is 2.95. The van der Waals surface area contributed by atoms with Crippen LogP contribution in [0.4, 0.5) is 13.2 Å². The SMILES string of the molecule is CC(C)(C)c1cn(CCC(N)Cc2cc(F)c(F)cc2F)nn1. The van der Waals surface area contributed by atoms with Gasteiger partial charge in [0.1, 0.15) is 5.82 Å². The minimum absolute atomic E-state index is 0.0744. The molecule has 2 N–H and O–H groups in total. The Morgan fingerprint density at radius 1 is 1.13 bits per heavy atom. The second kappa shape index (κ2) is 6.70. The lowest BCUT2D eigenvalue weighted by molar-refractivity contribution is 0.473. The molecule has 0 aliphatic carbocycles. The van der Waals surface area contributed by atoms with E-state index in [1.807, 2.05) is 27.0 Å². The molecule has 23 heavy (non-hydrogen) atoms. The zero-order valence-electron chi connectivity index (χ0n) is 13.5. The average Bonchev–Trinajstić information content (AvgIpc) is 2.91. The molecule has 0 aliphatic rings. The minimum atomic E-state index is -1.20. The van der Waals surface area contributed by atoms with E-state index in [0.717, 1.165) is 11.8 Å². The maximum Gasteiger partial charge on any atom is 0.161 e. The van der Waals surface area contributed by atoms with Crippen molar-refractivity contribution in [2.45, 2.75) is 51.6 Å². The first kappa shape index (κ1) is 17.5. The highest BCUT2D eigenvalue weighted by atomic mass is 19.2. The van der Waals surface area contributed by atoms with Gasteiger partial charge in [0.25, 0.3) is 0 Å². The van der Waals surface area contributed by atoms with Crippen molar-refractivity contribution in [3.8, 4) is 0 Å². The first-order valence-corrected chi connectivity index (χ1v) is 7.46. The van der Waals surface area contributed by atoms with E-state index in [9.17, 15) is 13.2 Å². The molecule has 1 unspecified atom stereocenters. The lowest BCUT2D eigenvalue weighted by Crippen LogP contribution is -2.25. The number of aryl methyl sites for hydroxylation is 1. The molecular weight excluding hydrogens is 305 g/mol. The number of aromatic nitrogens is 3. The van der Waals surface area contributed by atoms with E-state index in [4.69, 9.17) is 5.73 Å². The molecule has 0 saturated carbocycles. The van der Waals surface area contributed by atoms with Crippen LogP contribution in [0.15, 0.2) is 18.3 Å². The van der Waals surface area contributed by atoms with Gasteiger partial charge in [-0.25, -0.2) is 13.2 Å². The summed E-state index contributed by atoms with van der Waals surface area (Å²) in [5.74, 6) is -3.05. The van der Waals surface area contributed by atoms with Crippen LogP contribution in [0.2, 0.25) is 0 Å². The molecule has 2 rings (SSSR count). The van der Waals surface area contributed by atoms with E-state index < -0.39 is 23.5 Å². The molecule has 1 aromatic carbocycles. The summed E-state index contributed by atoms with van der Waals surface area (Å²) in [4.78, 5) is 0. The summed E-state index contributed by atoms with van der Waals surface area (Å²) in [6, 6.07) is 1.01. The van der Waals surface area contributed by atoms with Crippen LogP contribution in [-0.4, -0.2) is 21.0 Å². The van der Waals surface area contributed by atoms with Crippen molar-refractivity contribution < 1.29 is 13.2 Å². The second-order valence-electron chi connectivity index (χ2n) is 6.73. The molecule has 1 heterocycles. The smallest absolute Gasteiger partial charge is 0.161 e. The maximum atomic E-state index is 13.6. The molecule has 7 heteroatoms. The second-order valence-corrected chi connectivity index (χ2v) is 6.73. The Labute approximate surface area is 133 Å². The number of halogens is 3. The Balaban J connectivity index is 1.94. The van der Waals surface area contributed by atoms with E-state index in [1.54, 1.807) is 4.68 Å². The van der Waals surface area contributed by atoms with Crippen molar-refractivity contribution in [1.82, 2.24) is 15.0 Å². The number of hydrogen-bond acceptors (Lipinski definition) is 3. The summed E-state index contributed by atoms with van der Waals surface area (Å²) in [6.45, 7) is 6.65. The van der Waals surface area contributed by atoms with Crippen LogP contribution in [0.1, 0.15) is 38.4 Å². The minimum Gasteiger partial charge on any atom is -0.327 e. The highest BCUT2D eigenvalue weighted by molar-refractivity contribution is 5.21. The molecule has 0 bridgehead atoms. The molecular formula is C16H21F3N4. The molecule has 0 spiro atoms. The number of benzene rings is 1. The Morgan fingerprint density at radius 2 is 1.78 bits per heavy atom. The maximum absolute atomic E-state index is 13.6. The number of nitrogens with zero attached hydrogens (tertiary/aromatic N) is 3. The molecule has 126 valence electrons. The third-order valence-corrected chi connectivity index (χ3v) is 3.61. The Bertz CT molecular complexity index is 676. The lowest BCUT2D eigenvalue weighted by Gasteiger charge is -2.13. The van der Waals surface area contributed by atoms with Gasteiger partial charge < -0.3 is 5.73 Å². The molecule has 1 atom stereocenters. The normalized spacial score (nSPS) is 13.3. The van der Waals surface area contributed by atoms with Gasteiger partial charge >= 0.3 is 0 Å². The highest BCUT2D eigenvalue weighted by Crippen LogP contribution is 2.19. The van der Waals surface area contributed by atoms with Gasteiger partial charge in [0.05, 0.1) is 5.69 Å². The summed E-state index contributed by atoms with van der Waals surface area (Å²) in [5.41, 5.74) is 6.82. The number of nitrogens with two attached hydrogens (primary N) is 1. The fraction of sp³-hybridized carbons (Fsp3) is 0.500. The van der Waals surface area contributed by atoms with E-state index in [1.165, 1.54) is 0 Å². The molecule has 2 aromatic rings. The third kappa shape index (κ3) is 4.54. The van der Waals surface area contributed by atoms with Gasteiger partial charge in [-0.2, -0.15) is 0 Å². The first-order chi connectivity index (χ1) is 10.7. The fourth-order valence-corrected chi connectivity index (χ4v) is 2.15. The summed E-state index contributed by atoms with van der Waals surface area (Å²) < 4.78 is 41.4. The molecule has 0 amide bonds. The van der Waals surface area contributed by atoms with Gasteiger partial charge in [0.15, 0.2) is 11.6 Å². The third-order valence-electron chi connectivity index (χ3n) is 3.61. The Morgan fingerprint density at radius 3 is 2.39 bits per heavy atom. The van der Waals surface area contributed by atoms with Crippen molar-refractivity contribution in [2.75, 3.05) is 0 Å². The monoisotopic (exact) mass is 326 g/mol. The van der Waals surface area contributed by atoms with Gasteiger partial charge in [-0.1, -0.05) is 26.0 Å². The summed E-state index contributed by atoms with van der Waals surface area (Å²) in [5, 5.41) is 8.14. The molecule has 1 aromatic heterocycles. The van der Waals surface area contributed by atoms with E-state index in [2.05, 4.69) is 10.3 Å². The average molecular weight is 326 g/mol. The van der Waals surface area contributed by atoms with Crippen LogP contribution in [-0.2, 0) is 18.4 Å². The Kier molecular flexibility index (Phi) is 5.09. The van der Waals surface area contributed by atoms with Crippen LogP contribution in [0, 0.1) is 17.5 Å². The number of rotatable bonds is 5. The zero-order valence-corrected chi connectivity index (χ0v) is 13.5. The van der Waals surface area contributed by atoms with E-state index in [-0.39, 0.29) is 17.4 Å². The molecule has 0 saturated heterocycles. The van der Waals surface area contributed by atoms with Crippen LogP contribution in [0.5, 0.6) is 0 Å². The van der Waals surface area contributed by atoms with Crippen LogP contribution >= 0.6 is 0 Å². The van der Waals surface area contributed by atoms with E-state index in [0.29, 0.717) is 19.0 Å². The van der Waals surface area contributed by atoms with Crippen LogP contribution in [0.25, 0.3) is 0 Å². The van der Waals surface area contributed by atoms with Gasteiger partial charge in [0.2, 0.25) is 0 Å². The van der Waals surface area contributed by atoms with Gasteiger partial charge in [-0.3, -0.25) is 4.68 Å². The fourth-order valence-electron chi connectivity index (χ4n) is 2.15. The highest BCUT2D eigenvalue weighted by Gasteiger charge is 2.18. The van der Waals surface area contributed by atoms with Gasteiger partial charge in [-0.05, 0) is 24.5 Å². The largest absolute Gasteiger partial charge is 0.327 e. The molecule has 0 fully saturated rings. The summed E-state index contributed by atoms with van der Waals surface area (Å²) in [7, 11) is 0. The van der Waals surface area contributed by atoms with E-state index >= 15 is 0 Å². The molecule has 4 nitrogen and oxygen atoms in total. The summed E-state index contributed by atoms with van der Waals surface area (Å²) >= 11 is 0. The molecule has 0 aliphatic heterocycles. The van der Waals surface area contributed by atoms with Crippen molar-refractivity contribution in [2.24, 2.45) is 5.73 Å². The zero-order chi connectivity index (χ0) is 17.2. The quantitative estimate of drug-likeness (QED) is 0.860. The lowest BCUT2D eigenvalue weighted by atomic mass is 9.93. The van der Waals surface area contributed by atoms with Crippen LogP contribution in [0.3, 0.4) is 0 Å². The standard InChI is InChI=1S/C16H21F3N4/c1-16(2,3)15-9-23(22-21-15)5-4-11(20)6-10-7-13(18)14(19)8-12(10)17/h7-9,11H,4-6,20H2,1-3H3. The summed E-state index contributed by atoms with van der Waals surface area (Å²) in [6.07, 6.45) is 2.50. The predicted molar refractivity (Wildman–Crippen MR) is 81.3 cm³/mol. The van der Waals surface area contributed by atoms with Gasteiger partial charge in [-0.15, -0.1) is 5.10 Å². The van der Waals surface area contributed by atoms with Crippen molar-refractivity contribution >= 4 is 0 Å². The van der Waals surface area contributed by atoms with Gasteiger partial charge in [0, 0.05) is 30.3 Å². The van der Waals surface area contributed by atoms with Crippen molar-refractivity contribution in [3.63, 3.8) is 0 Å². The Hall–Kier alpha value is -1.89. The topological polar surface area (TPSA) is 56.7 Å². The molecule has 0 radical (unpaired) electrons. The first-order valence-electron chi connectivity index (χ1n) is 7.46. The van der Waals surface area contributed by atoms with Crippen molar-refractivity contribution in [3.05, 3.63) is 47.0 Å². The van der Waals surface area contributed by atoms with Crippen LogP contribution < -0.4 is 5.73 Å². The number of hydrogen-bond donors (Lipinski definition) is 1. The van der Waals surface area contributed by atoms with Crippen molar-refractivity contribution in [1.29, 1.82) is 0 Å².